The number of phosphoric ester groups is 1. The van der Waals surface area contributed by atoms with Gasteiger partial charge in [0.15, 0.2) is 56.6 Å². The Hall–Kier alpha value is -3.27. The van der Waals surface area contributed by atoms with Gasteiger partial charge in [-0.05, 0) is 0 Å². The number of hydrogen-bond donors (Lipinski definition) is 41. The molecule has 0 unspecified atom stereocenters. The van der Waals surface area contributed by atoms with Gasteiger partial charge < -0.3 is 309 Å². The van der Waals surface area contributed by atoms with E-state index in [9.17, 15) is 218 Å². The minimum absolute atomic E-state index is 0.924. The largest absolute Gasteiger partial charge is 0.477 e. The smallest absolute Gasteiger partial charge is 0.470 e. The van der Waals surface area contributed by atoms with Gasteiger partial charge in [-0.15, -0.1) is 0 Å². The lowest BCUT2D eigenvalue weighted by Crippen LogP contribution is -2.70. The number of hydrogen-bond acceptors (Lipinski definition) is 62. The van der Waals surface area contributed by atoms with Crippen molar-refractivity contribution in [1.29, 1.82) is 0 Å². The predicted octanol–water partition coefficient (Wildman–Crippen LogP) is -27.1. The molecule has 0 spiro atoms. The highest BCUT2D eigenvalue weighted by molar-refractivity contribution is 7.46. The van der Waals surface area contributed by atoms with Crippen molar-refractivity contribution in [3.8, 4) is 0 Å². The van der Waals surface area contributed by atoms with Gasteiger partial charge in [-0.25, -0.2) is 14.2 Å². The quantitative estimate of drug-likeness (QED) is 0.0253. The van der Waals surface area contributed by atoms with E-state index in [1.807, 2.05) is 0 Å². The number of carbonyl (C=O) groups is 2. The number of carboxylic acids is 2. The van der Waals surface area contributed by atoms with Crippen LogP contribution in [0.1, 0.15) is 12.8 Å². The summed E-state index contributed by atoms with van der Waals surface area (Å²) in [5, 5.41) is 424. The molecule has 0 radical (unpaired) electrons. The van der Waals surface area contributed by atoms with Crippen LogP contribution in [0.3, 0.4) is 0 Å². The fraction of sp³-hybridized carbons (Fsp3) is 0.973. The third-order valence-corrected chi connectivity index (χ3v) is 26.0. The summed E-state index contributed by atoms with van der Waals surface area (Å²) in [7, 11) is -6.33. The van der Waals surface area contributed by atoms with E-state index in [0.717, 1.165) is 0 Å². The molecule has 67 heteroatoms. The lowest BCUT2D eigenvalue weighted by atomic mass is 9.89. The molecule has 0 aromatic carbocycles. The van der Waals surface area contributed by atoms with Gasteiger partial charge in [0, 0.05) is 12.8 Å². The van der Waals surface area contributed by atoms with Crippen LogP contribution in [0, 0.1) is 0 Å². The van der Waals surface area contributed by atoms with Gasteiger partial charge in [-0.3, -0.25) is 4.52 Å². The molecule has 58 atom stereocenters. The maximum Gasteiger partial charge on any atom is 0.470 e. The maximum absolute atomic E-state index is 13.5. The summed E-state index contributed by atoms with van der Waals surface area (Å²) in [6, 6.07) is -1.61. The van der Waals surface area contributed by atoms with Gasteiger partial charge >= 0.3 is 19.8 Å². The first-order chi connectivity index (χ1) is 65.8. The summed E-state index contributed by atoms with van der Waals surface area (Å²) >= 11 is 0. The van der Waals surface area contributed by atoms with Gasteiger partial charge in [-0.1, -0.05) is 0 Å². The second-order valence-corrected chi connectivity index (χ2v) is 36.1. The zero-order chi connectivity index (χ0) is 104. The van der Waals surface area contributed by atoms with E-state index >= 15 is 0 Å². The second kappa shape index (κ2) is 49.2. The number of nitrogens with two attached hydrogens (primary N) is 1. The Labute approximate surface area is 785 Å². The van der Waals surface area contributed by atoms with Crippen molar-refractivity contribution in [2.24, 2.45) is 5.73 Å². The number of aliphatic hydroxyl groups excluding tert-OH is 35. The van der Waals surface area contributed by atoms with E-state index in [2.05, 4.69) is 0 Å². The normalized spacial score (nSPS) is 49.6. The van der Waals surface area contributed by atoms with Crippen LogP contribution in [0.15, 0.2) is 0 Å². The van der Waals surface area contributed by atoms with Crippen LogP contribution in [0.4, 0.5) is 0 Å². The number of rotatable bonds is 40. The third kappa shape index (κ3) is 25.0. The van der Waals surface area contributed by atoms with Crippen LogP contribution < -0.4 is 5.73 Å². The zero-order valence-electron chi connectivity index (χ0n) is 72.6. The molecule has 11 fully saturated rings. The van der Waals surface area contributed by atoms with E-state index in [1.165, 1.54) is 0 Å². The monoisotopic (exact) mass is 2090 g/mol. The number of carboxylic acid groups (broad SMARTS) is 2. The molecule has 0 aromatic heterocycles. The van der Waals surface area contributed by atoms with Crippen LogP contribution in [0.25, 0.3) is 0 Å². The molecule has 140 heavy (non-hydrogen) atoms. The number of phosphoric acid groups is 1. The molecule has 11 aliphatic rings. The van der Waals surface area contributed by atoms with E-state index in [0.29, 0.717) is 0 Å². The summed E-state index contributed by atoms with van der Waals surface area (Å²) in [5.74, 6) is -12.1. The van der Waals surface area contributed by atoms with Gasteiger partial charge in [0.2, 0.25) is 0 Å². The highest BCUT2D eigenvalue weighted by Crippen LogP contribution is 2.48. The number of aliphatic hydroxyl groups is 36. The molecule has 11 saturated heterocycles. The van der Waals surface area contributed by atoms with Gasteiger partial charge in [0.1, 0.15) is 269 Å². The zero-order valence-corrected chi connectivity index (χ0v) is 73.5. The number of aliphatic carboxylic acids is 2. The van der Waals surface area contributed by atoms with Crippen molar-refractivity contribution < 1.29 is 322 Å². The Morgan fingerprint density at radius 3 is 1.14 bits per heavy atom. The first-order valence-corrected chi connectivity index (χ1v) is 44.9. The van der Waals surface area contributed by atoms with E-state index < -0.39 is 460 Å². The summed E-state index contributed by atoms with van der Waals surface area (Å²) in [6.45, 7) is -14.6. The number of ether oxygens (including phenoxy) is 21. The summed E-state index contributed by atoms with van der Waals surface area (Å²) in [4.78, 5) is 47.6. The molecule has 0 aliphatic carbocycles. The fourth-order valence-electron chi connectivity index (χ4n) is 17.6. The molecular formula is C73H124NO65P. The molecule has 42 N–H and O–H groups in total. The molecule has 11 heterocycles. The van der Waals surface area contributed by atoms with Crippen molar-refractivity contribution in [3.63, 3.8) is 0 Å². The minimum Gasteiger partial charge on any atom is -0.477 e. The Kier molecular flexibility index (Phi) is 41.1. The lowest BCUT2D eigenvalue weighted by Gasteiger charge is -2.52. The maximum atomic E-state index is 13.5. The molecule has 816 valence electrons. The standard InChI is InChI=1S/C73H124NO65P/c74-27-35(97)29(91)21(6-78)120-61(27)118-12-18(88)48-40(102)38(100)41(103)62(126-48)119-13-19(89)49-44(106)55(46(108)66(127-49)133-57-47(109)67(128-51(16(86)4-76)59(57)139-140(115,116)117)129-53-20(2-72(114,70(110)111)137-52(53)17(87)5-77)136-73(71(112)113)1-14(84)28(90)50(138-73)15(85)3-75)130-65-45(107)54(33(95)25(10-82)123-65)131-69-60(56(34(96)26(11-83)125-69)132-63-42(104)36(98)30(92)22(7-79)121-63)135-68-58(39(101)32(94)24(9-81)124-68)134-64-43(105)37(99)31(93)23(8-80)122-64/h14-69,75-109,114H,1-13,74H2,(H,110,111)(H,112,113)(H2,115,116,117)/t14-,15-,16+,17-,18+,19+,20-,21-,22-,23-,24-,25-,26-,27+,28-,29-,30-,31+,32+,33-,34-,35-,36+,37+,38+,39+,40+,41+,42-,43-,44-,45-,46+,47+,48-,49-,50-,51-,52-,53-,54+,55+,56+,57-,58-,59-,60-,61-,62+,63+,64-,65+,66-,67-,68-,69-,72-,73-/m1/s1. The molecule has 0 saturated carbocycles. The highest BCUT2D eigenvalue weighted by atomic mass is 31.2. The summed E-state index contributed by atoms with van der Waals surface area (Å²) < 4.78 is 140. The van der Waals surface area contributed by atoms with Crippen LogP contribution in [0.5, 0.6) is 0 Å². The predicted molar refractivity (Wildman–Crippen MR) is 416 cm³/mol. The van der Waals surface area contributed by atoms with E-state index in [4.69, 9.17) is 110 Å². The first kappa shape index (κ1) is 117. The second-order valence-electron chi connectivity index (χ2n) is 34.9. The van der Waals surface area contributed by atoms with E-state index in [-0.39, 0.29) is 0 Å². The topological polar surface area (TPSA) is 1090 Å². The van der Waals surface area contributed by atoms with Crippen molar-refractivity contribution in [2.45, 2.75) is 368 Å². The Bertz CT molecular complexity index is 3870. The molecule has 0 aromatic rings. The molecule has 0 bridgehead atoms. The minimum atomic E-state index is -6.33. The van der Waals surface area contributed by atoms with Crippen LogP contribution in [-0.2, 0) is 118 Å². The average molecular weight is 2090 g/mol. The van der Waals surface area contributed by atoms with Crippen molar-refractivity contribution in [1.82, 2.24) is 0 Å². The SMILES string of the molecule is N[C@@H]1[C@H](OC[C@H](O)[C@H]2O[C@H](OC[C@H](O)[C@H]3O[C@H](O[C@@H]4[C@H](O)[C@@H](O[C@H]5[C@@H]([C@H](O)CO)O[C@@](O)(C(=O)O)C[C@H]5O[C@]5(C(=O)O)C[C@@H](O)[C@@H](O)[C@@H]([C@H](O)CO)O5)O[C@H]([C@@H](O)CO)[C@H]4OP(=O)(O)O)[C@@H](O)[C@@H](O[C@@H]4O[C@H](CO)[C@@H](O)[C@H](O[C@H]5O[C@H](CO)[C@@H](O)[C@H](O[C@@H]6O[C@H](CO)[C@@H](O)[C@H](O)[C@H]6O)[C@H]5O[C@H]5O[C@H](CO)[C@H](O)[C@H](O)[C@H]5O[C@H]5O[C@H](CO)[C@H](O)[C@H](O)[C@H]5O)[C@H]4O)[C@@H]3O)[C@@H](O)[C@@H](O)[C@@H]2O)O[C@H](CO)[C@@H](O)[C@@H]1O. The molecule has 11 rings (SSSR count). The average Bonchev–Trinajstić information content (AvgIpc) is 0.744. The van der Waals surface area contributed by atoms with Crippen molar-refractivity contribution in [3.05, 3.63) is 0 Å². The Morgan fingerprint density at radius 2 is 0.657 bits per heavy atom. The van der Waals surface area contributed by atoms with Crippen LogP contribution >= 0.6 is 7.82 Å². The highest BCUT2D eigenvalue weighted by Gasteiger charge is 2.67. The van der Waals surface area contributed by atoms with Gasteiger partial charge in [0.25, 0.3) is 11.6 Å². The van der Waals surface area contributed by atoms with E-state index in [1.54, 1.807) is 0 Å². The Morgan fingerprint density at radius 1 is 0.314 bits per heavy atom. The third-order valence-electron chi connectivity index (χ3n) is 25.5. The van der Waals surface area contributed by atoms with Gasteiger partial charge in [0.05, 0.1) is 90.9 Å². The van der Waals surface area contributed by atoms with Gasteiger partial charge in [-0.2, -0.15) is 0 Å². The summed E-state index contributed by atoms with van der Waals surface area (Å²) in [5.41, 5.74) is 5.95. The first-order valence-electron chi connectivity index (χ1n) is 43.4. The van der Waals surface area contributed by atoms with Crippen molar-refractivity contribution >= 4 is 19.8 Å². The molecular weight excluding hydrogens is 1960 g/mol. The Balaban J connectivity index is 0.981. The molecule has 11 aliphatic heterocycles. The van der Waals surface area contributed by atoms with Crippen LogP contribution in [0.2, 0.25) is 0 Å². The summed E-state index contributed by atoms with van der Waals surface area (Å²) in [6.07, 6.45) is -140. The van der Waals surface area contributed by atoms with Crippen LogP contribution in [-0.4, -0.2) is 643 Å². The molecule has 66 nitrogen and oxygen atoms in total. The van der Waals surface area contributed by atoms with Crippen molar-refractivity contribution in [2.75, 3.05) is 72.7 Å². The molecule has 0 amide bonds. The fourth-order valence-corrected chi connectivity index (χ4v) is 18.1. The lowest BCUT2D eigenvalue weighted by molar-refractivity contribution is -0.419.